The first kappa shape index (κ1) is 30.0. The lowest BCUT2D eigenvalue weighted by atomic mass is 9.93. The molecule has 1 amide bonds. The van der Waals surface area contributed by atoms with Gasteiger partial charge in [0.2, 0.25) is 6.41 Å². The average molecular weight is 632 g/mol. The van der Waals surface area contributed by atoms with Crippen molar-refractivity contribution in [3.05, 3.63) is 129 Å². The molecule has 1 unspecified atom stereocenters. The summed E-state index contributed by atoms with van der Waals surface area (Å²) in [6.07, 6.45) is 1.17. The molecule has 9 heteroatoms. The van der Waals surface area contributed by atoms with Gasteiger partial charge in [0.05, 0.1) is 26.4 Å². The minimum absolute atomic E-state index is 0.188. The number of nitrogens with one attached hydrogen (secondary N) is 1. The summed E-state index contributed by atoms with van der Waals surface area (Å²) in [4.78, 5) is 17.3. The van der Waals surface area contributed by atoms with E-state index in [4.69, 9.17) is 42.1 Å². The van der Waals surface area contributed by atoms with Gasteiger partial charge in [-0.3, -0.25) is 4.79 Å². The highest BCUT2D eigenvalue weighted by molar-refractivity contribution is 6.31. The molecule has 2 aliphatic rings. The SMILES string of the molecule is COc1ccc(Cl)cc1.O=CN1CCc2c([nH]c3ccc(Cl)cc23)C1c1ccc(OC2COC(c3ccccc3)OC2)cc1. The molecule has 4 aromatic carbocycles. The number of benzene rings is 4. The van der Waals surface area contributed by atoms with Crippen LogP contribution in [-0.4, -0.2) is 49.3 Å². The van der Waals surface area contributed by atoms with Crippen LogP contribution >= 0.6 is 23.2 Å². The zero-order valence-corrected chi connectivity index (χ0v) is 25.6. The number of aromatic nitrogens is 1. The second-order valence-electron chi connectivity index (χ2n) is 10.6. The molecule has 0 aliphatic carbocycles. The number of hydrogen-bond donors (Lipinski definition) is 1. The Labute approximate surface area is 266 Å². The molecule has 7 nitrogen and oxygen atoms in total. The van der Waals surface area contributed by atoms with Crippen molar-refractivity contribution in [2.24, 2.45) is 0 Å². The van der Waals surface area contributed by atoms with Crippen molar-refractivity contribution in [2.75, 3.05) is 26.9 Å². The van der Waals surface area contributed by atoms with E-state index in [2.05, 4.69) is 4.98 Å². The molecule has 44 heavy (non-hydrogen) atoms. The van der Waals surface area contributed by atoms with Crippen LogP contribution in [0, 0.1) is 0 Å². The molecule has 7 rings (SSSR count). The molecule has 1 fully saturated rings. The molecule has 0 bridgehead atoms. The van der Waals surface area contributed by atoms with Gasteiger partial charge in [0.15, 0.2) is 6.29 Å². The highest BCUT2D eigenvalue weighted by Crippen LogP contribution is 2.39. The second-order valence-corrected chi connectivity index (χ2v) is 11.5. The lowest BCUT2D eigenvalue weighted by molar-refractivity contribution is -0.215. The summed E-state index contributed by atoms with van der Waals surface area (Å²) in [7, 11) is 1.63. The average Bonchev–Trinajstić information content (AvgIpc) is 3.44. The van der Waals surface area contributed by atoms with E-state index in [1.807, 2.05) is 89.8 Å². The third kappa shape index (κ3) is 6.71. The lowest BCUT2D eigenvalue weighted by Crippen LogP contribution is -2.36. The fourth-order valence-electron chi connectivity index (χ4n) is 5.60. The molecule has 226 valence electrons. The van der Waals surface area contributed by atoms with Gasteiger partial charge in [-0.1, -0.05) is 65.7 Å². The van der Waals surface area contributed by atoms with Gasteiger partial charge in [-0.15, -0.1) is 0 Å². The smallest absolute Gasteiger partial charge is 0.210 e. The predicted octanol–water partition coefficient (Wildman–Crippen LogP) is 7.77. The summed E-state index contributed by atoms with van der Waals surface area (Å²) in [5.74, 6) is 1.57. The maximum Gasteiger partial charge on any atom is 0.210 e. The highest BCUT2D eigenvalue weighted by atomic mass is 35.5. The van der Waals surface area contributed by atoms with Gasteiger partial charge in [-0.05, 0) is 72.1 Å². The number of halogens is 2. The number of fused-ring (bicyclic) bond motifs is 3. The van der Waals surface area contributed by atoms with E-state index in [0.29, 0.717) is 24.8 Å². The number of rotatable bonds is 6. The fourth-order valence-corrected chi connectivity index (χ4v) is 5.90. The van der Waals surface area contributed by atoms with Crippen LogP contribution in [0.5, 0.6) is 11.5 Å². The van der Waals surface area contributed by atoms with Crippen molar-refractivity contribution in [3.63, 3.8) is 0 Å². The van der Waals surface area contributed by atoms with Gasteiger partial charge in [0.25, 0.3) is 0 Å². The Morgan fingerprint density at radius 1 is 0.841 bits per heavy atom. The summed E-state index contributed by atoms with van der Waals surface area (Å²) >= 11 is 11.9. The topological polar surface area (TPSA) is 73.0 Å². The molecular weight excluding hydrogens is 599 g/mol. The maximum atomic E-state index is 11.9. The molecule has 0 spiro atoms. The van der Waals surface area contributed by atoms with Crippen molar-refractivity contribution in [2.45, 2.75) is 24.9 Å². The van der Waals surface area contributed by atoms with Gasteiger partial charge >= 0.3 is 0 Å². The van der Waals surface area contributed by atoms with Crippen molar-refractivity contribution < 1.29 is 23.7 Å². The standard InChI is InChI=1S/C28H25ClN2O4.C7H7ClO/c29-20-8-11-25-24(14-20)23-12-13-31(17-32)27(26(23)30-25)18-6-9-21(10-7-18)35-22-15-33-28(34-16-22)19-4-2-1-3-5-19;1-9-7-4-2-6(8)3-5-7/h1-11,14,17,22,27-28,30H,12-13,15-16H2;2-5H,1H3. The largest absolute Gasteiger partial charge is 0.497 e. The number of H-pyrrole nitrogens is 1. The van der Waals surface area contributed by atoms with Crippen LogP contribution in [0.2, 0.25) is 10.0 Å². The van der Waals surface area contributed by atoms with Gasteiger partial charge < -0.3 is 28.8 Å². The van der Waals surface area contributed by atoms with Crippen LogP contribution in [0.3, 0.4) is 0 Å². The van der Waals surface area contributed by atoms with E-state index in [1.165, 1.54) is 5.56 Å². The van der Waals surface area contributed by atoms with Crippen molar-refractivity contribution in [1.82, 2.24) is 9.88 Å². The molecule has 0 saturated carbocycles. The molecule has 2 aliphatic heterocycles. The molecular formula is C35H32Cl2N2O5. The number of ether oxygens (including phenoxy) is 4. The summed E-state index contributed by atoms with van der Waals surface area (Å²) in [5.41, 5.74) is 5.30. The van der Waals surface area contributed by atoms with Gasteiger partial charge in [0, 0.05) is 38.8 Å². The van der Waals surface area contributed by atoms with Crippen molar-refractivity contribution >= 4 is 40.5 Å². The van der Waals surface area contributed by atoms with E-state index in [9.17, 15) is 4.79 Å². The predicted molar refractivity (Wildman–Crippen MR) is 172 cm³/mol. The Balaban J connectivity index is 0.000000329. The first-order valence-electron chi connectivity index (χ1n) is 14.4. The Kier molecular flexibility index (Phi) is 9.38. The quantitative estimate of drug-likeness (QED) is 0.194. The number of nitrogens with zero attached hydrogens (tertiary/aromatic N) is 1. The zero-order valence-electron chi connectivity index (χ0n) is 24.1. The third-order valence-corrected chi connectivity index (χ3v) is 8.24. The molecule has 1 N–H and O–H groups in total. The molecule has 5 aromatic rings. The monoisotopic (exact) mass is 630 g/mol. The Bertz CT molecular complexity index is 1680. The second kappa shape index (κ2) is 13.7. The first-order valence-corrected chi connectivity index (χ1v) is 15.1. The highest BCUT2D eigenvalue weighted by Gasteiger charge is 2.31. The van der Waals surface area contributed by atoms with Crippen LogP contribution in [0.15, 0.2) is 97.1 Å². The number of amides is 1. The molecule has 1 aromatic heterocycles. The van der Waals surface area contributed by atoms with Crippen LogP contribution in [0.1, 0.15) is 34.7 Å². The zero-order chi connectivity index (χ0) is 30.5. The van der Waals surface area contributed by atoms with Crippen LogP contribution in [0.4, 0.5) is 0 Å². The minimum Gasteiger partial charge on any atom is -0.497 e. The van der Waals surface area contributed by atoms with E-state index in [1.54, 1.807) is 19.2 Å². The maximum absolute atomic E-state index is 11.9. The van der Waals surface area contributed by atoms with Crippen LogP contribution < -0.4 is 9.47 Å². The van der Waals surface area contributed by atoms with E-state index >= 15 is 0 Å². The fraction of sp³-hybridized carbons (Fsp3) is 0.229. The van der Waals surface area contributed by atoms with Gasteiger partial charge in [-0.25, -0.2) is 0 Å². The number of methoxy groups -OCH3 is 1. The summed E-state index contributed by atoms with van der Waals surface area (Å²) in [5, 5.41) is 2.56. The number of carbonyl (C=O) groups is 1. The van der Waals surface area contributed by atoms with Crippen molar-refractivity contribution in [1.29, 1.82) is 0 Å². The summed E-state index contributed by atoms with van der Waals surface area (Å²) in [6, 6.07) is 30.7. The Hall–Kier alpha value is -4.01. The van der Waals surface area contributed by atoms with Crippen molar-refractivity contribution in [3.8, 4) is 11.5 Å². The van der Waals surface area contributed by atoms with E-state index in [-0.39, 0.29) is 18.4 Å². The normalized spacial score (nSPS) is 19.4. The molecule has 0 radical (unpaired) electrons. The van der Waals surface area contributed by atoms with Crippen LogP contribution in [-0.2, 0) is 20.7 Å². The van der Waals surface area contributed by atoms with E-state index < -0.39 is 0 Å². The molecule has 1 atom stereocenters. The van der Waals surface area contributed by atoms with E-state index in [0.717, 1.165) is 57.1 Å². The summed E-state index contributed by atoms with van der Waals surface area (Å²) in [6.45, 7) is 1.55. The number of carbonyl (C=O) groups excluding carboxylic acids is 1. The lowest BCUT2D eigenvalue weighted by Gasteiger charge is -2.33. The number of hydrogen-bond acceptors (Lipinski definition) is 5. The molecule has 1 saturated heterocycles. The first-order chi connectivity index (χ1) is 21.5. The van der Waals surface area contributed by atoms with Gasteiger partial charge in [0.1, 0.15) is 17.6 Å². The molecule has 3 heterocycles. The Morgan fingerprint density at radius 2 is 1.52 bits per heavy atom. The third-order valence-electron chi connectivity index (χ3n) is 7.75. The van der Waals surface area contributed by atoms with Gasteiger partial charge in [-0.2, -0.15) is 0 Å². The number of aromatic amines is 1. The van der Waals surface area contributed by atoms with Crippen LogP contribution in [0.25, 0.3) is 10.9 Å². The minimum atomic E-state index is -0.362. The summed E-state index contributed by atoms with van der Waals surface area (Å²) < 4.78 is 22.8. The Morgan fingerprint density at radius 3 is 2.20 bits per heavy atom.